The van der Waals surface area contributed by atoms with Crippen LogP contribution in [0.15, 0.2) is 40.6 Å². The summed E-state index contributed by atoms with van der Waals surface area (Å²) in [6.07, 6.45) is 2.15. The Hall–Kier alpha value is -1.22. The highest BCUT2D eigenvalue weighted by Gasteiger charge is 1.89. The predicted octanol–water partition coefficient (Wildman–Crippen LogP) is 2.18. The highest BCUT2D eigenvalue weighted by Crippen LogP contribution is 2.17. The maximum absolute atomic E-state index is 10.0. The number of hydrogen-bond acceptors (Lipinski definition) is 2. The molecule has 0 saturated carbocycles. The van der Waals surface area contributed by atoms with Crippen molar-refractivity contribution in [2.75, 3.05) is 0 Å². The molecule has 1 aromatic carbocycles. The van der Waals surface area contributed by atoms with Gasteiger partial charge in [0.1, 0.15) is 0 Å². The van der Waals surface area contributed by atoms with E-state index in [0.717, 1.165) is 4.90 Å². The summed E-state index contributed by atoms with van der Waals surface area (Å²) in [6, 6.07) is 9.53. The molecule has 0 aliphatic carbocycles. The molecular formula is C9H7O2S. The third kappa shape index (κ3) is 3.25. The van der Waals surface area contributed by atoms with Crippen molar-refractivity contribution in [1.29, 1.82) is 0 Å². The van der Waals surface area contributed by atoms with Crippen LogP contribution in [0, 0.1) is 6.08 Å². The largest absolute Gasteiger partial charge is 0.478 e. The van der Waals surface area contributed by atoms with Crippen LogP contribution < -0.4 is 0 Å². The van der Waals surface area contributed by atoms with Crippen molar-refractivity contribution >= 4 is 17.7 Å². The fraction of sp³-hybridized carbons (Fsp3) is 0. The Bertz CT molecular complexity index is 280. The van der Waals surface area contributed by atoms with Gasteiger partial charge < -0.3 is 5.11 Å². The van der Waals surface area contributed by atoms with Crippen molar-refractivity contribution < 1.29 is 9.90 Å². The monoisotopic (exact) mass is 179 g/mol. The second-order valence-electron chi connectivity index (χ2n) is 2.00. The molecular weight excluding hydrogens is 172 g/mol. The van der Waals surface area contributed by atoms with E-state index in [0.29, 0.717) is 0 Å². The van der Waals surface area contributed by atoms with E-state index in [1.54, 1.807) is 0 Å². The van der Waals surface area contributed by atoms with Crippen molar-refractivity contribution in [3.8, 4) is 0 Å². The normalized spacial score (nSPS) is 10.3. The number of benzene rings is 1. The van der Waals surface area contributed by atoms with Gasteiger partial charge in [-0.05, 0) is 17.5 Å². The summed E-state index contributed by atoms with van der Waals surface area (Å²) < 4.78 is 0. The maximum atomic E-state index is 10.0. The molecule has 0 heterocycles. The average Bonchev–Trinajstić information content (AvgIpc) is 2.05. The van der Waals surface area contributed by atoms with Gasteiger partial charge in [-0.15, -0.1) is 0 Å². The topological polar surface area (TPSA) is 37.3 Å². The zero-order chi connectivity index (χ0) is 8.81. The van der Waals surface area contributed by atoms with Crippen molar-refractivity contribution in [3.05, 3.63) is 41.8 Å². The minimum absolute atomic E-state index is 1.01. The minimum atomic E-state index is -1.04. The SMILES string of the molecule is O=C(O)/[C]=C/Sc1ccccc1. The second-order valence-corrected chi connectivity index (χ2v) is 2.94. The van der Waals surface area contributed by atoms with E-state index in [2.05, 4.69) is 6.08 Å². The third-order valence-corrected chi connectivity index (χ3v) is 1.90. The molecule has 2 nitrogen and oxygen atoms in total. The molecule has 0 amide bonds. The van der Waals surface area contributed by atoms with E-state index >= 15 is 0 Å². The summed E-state index contributed by atoms with van der Waals surface area (Å²) >= 11 is 1.33. The zero-order valence-corrected chi connectivity index (χ0v) is 7.04. The first kappa shape index (κ1) is 8.87. The van der Waals surface area contributed by atoms with Gasteiger partial charge in [0.25, 0.3) is 0 Å². The minimum Gasteiger partial charge on any atom is -0.478 e. The summed E-state index contributed by atoms with van der Waals surface area (Å²) in [4.78, 5) is 11.0. The summed E-state index contributed by atoms with van der Waals surface area (Å²) in [5.74, 6) is -1.04. The van der Waals surface area contributed by atoms with Crippen LogP contribution in [0.2, 0.25) is 0 Å². The first-order chi connectivity index (χ1) is 5.79. The lowest BCUT2D eigenvalue weighted by Gasteiger charge is -1.91. The van der Waals surface area contributed by atoms with E-state index in [1.807, 2.05) is 30.3 Å². The molecule has 1 N–H and O–H groups in total. The van der Waals surface area contributed by atoms with Crippen LogP contribution in [-0.2, 0) is 4.79 Å². The van der Waals surface area contributed by atoms with Crippen molar-refractivity contribution in [2.45, 2.75) is 4.90 Å². The standard InChI is InChI=1S/C9H7O2S/c10-9(11)6-7-12-8-4-2-1-3-5-8/h1-5,7H,(H,10,11). The molecule has 0 atom stereocenters. The Kier molecular flexibility index (Phi) is 3.41. The number of hydrogen-bond donors (Lipinski definition) is 1. The molecule has 0 saturated heterocycles. The lowest BCUT2D eigenvalue weighted by molar-refractivity contribution is -0.132. The smallest absolute Gasteiger partial charge is 0.337 e. The van der Waals surface area contributed by atoms with Crippen LogP contribution in [-0.4, -0.2) is 11.1 Å². The number of rotatable bonds is 3. The van der Waals surface area contributed by atoms with Crippen LogP contribution in [0.3, 0.4) is 0 Å². The highest BCUT2D eigenvalue weighted by atomic mass is 32.2. The Labute approximate surface area is 74.9 Å². The lowest BCUT2D eigenvalue weighted by atomic mass is 10.4. The number of carbonyl (C=O) groups is 1. The van der Waals surface area contributed by atoms with E-state index in [9.17, 15) is 4.79 Å². The molecule has 0 bridgehead atoms. The summed E-state index contributed by atoms with van der Waals surface area (Å²) in [6.45, 7) is 0. The van der Waals surface area contributed by atoms with E-state index in [-0.39, 0.29) is 0 Å². The third-order valence-electron chi connectivity index (χ3n) is 1.12. The number of aliphatic carboxylic acids is 1. The molecule has 61 valence electrons. The van der Waals surface area contributed by atoms with Gasteiger partial charge in [0.2, 0.25) is 0 Å². The van der Waals surface area contributed by atoms with Crippen molar-refractivity contribution in [3.63, 3.8) is 0 Å². The molecule has 0 aromatic heterocycles. The van der Waals surface area contributed by atoms with E-state index in [4.69, 9.17) is 5.11 Å². The first-order valence-electron chi connectivity index (χ1n) is 3.32. The van der Waals surface area contributed by atoms with E-state index < -0.39 is 5.97 Å². The van der Waals surface area contributed by atoms with Gasteiger partial charge in [0.05, 0.1) is 6.08 Å². The van der Waals surface area contributed by atoms with Gasteiger partial charge in [-0.25, -0.2) is 4.79 Å². The van der Waals surface area contributed by atoms with Crippen molar-refractivity contribution in [2.24, 2.45) is 0 Å². The van der Waals surface area contributed by atoms with E-state index in [1.165, 1.54) is 17.2 Å². The molecule has 1 radical (unpaired) electrons. The number of carboxylic acid groups (broad SMARTS) is 1. The molecule has 0 fully saturated rings. The van der Waals surface area contributed by atoms with Crippen LogP contribution in [0.25, 0.3) is 0 Å². The fourth-order valence-electron chi connectivity index (χ4n) is 0.647. The molecule has 12 heavy (non-hydrogen) atoms. The van der Waals surface area contributed by atoms with Crippen LogP contribution in [0.4, 0.5) is 0 Å². The van der Waals surface area contributed by atoms with Crippen LogP contribution in [0.1, 0.15) is 0 Å². The Morgan fingerprint density at radius 1 is 1.42 bits per heavy atom. The average molecular weight is 179 g/mol. The molecule has 1 aromatic rings. The van der Waals surface area contributed by atoms with Gasteiger partial charge in [-0.2, -0.15) is 0 Å². The van der Waals surface area contributed by atoms with Gasteiger partial charge in [0.15, 0.2) is 0 Å². The Balaban J connectivity index is 2.49. The lowest BCUT2D eigenvalue weighted by Crippen LogP contribution is -1.85. The summed E-state index contributed by atoms with van der Waals surface area (Å²) in [5, 5.41) is 9.66. The van der Waals surface area contributed by atoms with Crippen LogP contribution in [0.5, 0.6) is 0 Å². The molecule has 3 heteroatoms. The fourth-order valence-corrected chi connectivity index (χ4v) is 1.26. The quantitative estimate of drug-likeness (QED) is 0.570. The Morgan fingerprint density at radius 3 is 2.67 bits per heavy atom. The molecule has 0 unspecified atom stereocenters. The summed E-state index contributed by atoms with van der Waals surface area (Å²) in [5.41, 5.74) is 0. The number of thioether (sulfide) groups is 1. The van der Waals surface area contributed by atoms with Gasteiger partial charge >= 0.3 is 5.97 Å². The zero-order valence-electron chi connectivity index (χ0n) is 6.23. The van der Waals surface area contributed by atoms with Crippen LogP contribution >= 0.6 is 11.8 Å². The Morgan fingerprint density at radius 2 is 2.08 bits per heavy atom. The van der Waals surface area contributed by atoms with Crippen molar-refractivity contribution in [1.82, 2.24) is 0 Å². The molecule has 0 aliphatic heterocycles. The van der Waals surface area contributed by atoms with Gasteiger partial charge in [-0.3, -0.25) is 0 Å². The number of carboxylic acids is 1. The first-order valence-corrected chi connectivity index (χ1v) is 4.20. The molecule has 1 rings (SSSR count). The summed E-state index contributed by atoms with van der Waals surface area (Å²) in [7, 11) is 0. The van der Waals surface area contributed by atoms with Gasteiger partial charge in [-0.1, -0.05) is 30.0 Å². The molecule has 0 spiro atoms. The predicted molar refractivity (Wildman–Crippen MR) is 47.7 cm³/mol. The highest BCUT2D eigenvalue weighted by molar-refractivity contribution is 8.02. The maximum Gasteiger partial charge on any atom is 0.337 e. The second kappa shape index (κ2) is 4.62. The van der Waals surface area contributed by atoms with Gasteiger partial charge in [0, 0.05) is 4.90 Å². The molecule has 0 aliphatic rings.